The van der Waals surface area contributed by atoms with Crippen LogP contribution < -0.4 is 5.73 Å². The van der Waals surface area contributed by atoms with Gasteiger partial charge in [-0.2, -0.15) is 0 Å². The molecule has 1 aromatic rings. The van der Waals surface area contributed by atoms with Gasteiger partial charge in [0, 0.05) is 27.9 Å². The first kappa shape index (κ1) is 14.5. The standard InChI is InChI=1S/C12H15BrFNOS/c1-17-12-6-8(10(15)7-9(12)14)11(16)4-2-3-5-13/h6-7H,2-5,15H2,1H3. The first-order valence-electron chi connectivity index (χ1n) is 5.32. The summed E-state index contributed by atoms with van der Waals surface area (Å²) in [6.07, 6.45) is 3.99. The highest BCUT2D eigenvalue weighted by molar-refractivity contribution is 9.09. The maximum Gasteiger partial charge on any atom is 0.164 e. The molecule has 1 rings (SSSR count). The average molecular weight is 320 g/mol. The van der Waals surface area contributed by atoms with Gasteiger partial charge in [0.15, 0.2) is 5.78 Å². The first-order valence-corrected chi connectivity index (χ1v) is 7.67. The summed E-state index contributed by atoms with van der Waals surface area (Å²) in [5.41, 5.74) is 6.33. The number of anilines is 1. The van der Waals surface area contributed by atoms with Gasteiger partial charge in [-0.1, -0.05) is 15.9 Å². The van der Waals surface area contributed by atoms with E-state index < -0.39 is 0 Å². The fourth-order valence-electron chi connectivity index (χ4n) is 1.48. The smallest absolute Gasteiger partial charge is 0.164 e. The summed E-state index contributed by atoms with van der Waals surface area (Å²) in [5, 5.41) is 0.884. The van der Waals surface area contributed by atoms with Gasteiger partial charge in [0.25, 0.3) is 0 Å². The Balaban J connectivity index is 2.85. The number of alkyl halides is 1. The van der Waals surface area contributed by atoms with Crippen molar-refractivity contribution in [1.29, 1.82) is 0 Å². The second-order valence-corrected chi connectivity index (χ2v) is 5.28. The zero-order chi connectivity index (χ0) is 12.8. The molecule has 0 saturated heterocycles. The highest BCUT2D eigenvalue weighted by Crippen LogP contribution is 2.26. The molecular weight excluding hydrogens is 305 g/mol. The predicted molar refractivity (Wildman–Crippen MR) is 74.6 cm³/mol. The molecule has 0 fully saturated rings. The number of hydrogen-bond donors (Lipinski definition) is 1. The monoisotopic (exact) mass is 319 g/mol. The molecule has 0 bridgehead atoms. The van der Waals surface area contributed by atoms with Crippen molar-refractivity contribution in [3.05, 3.63) is 23.5 Å². The second kappa shape index (κ2) is 7.01. The number of carbonyl (C=O) groups excluding carboxylic acids is 1. The minimum atomic E-state index is -0.369. The summed E-state index contributed by atoms with van der Waals surface area (Å²) in [7, 11) is 0. The molecule has 17 heavy (non-hydrogen) atoms. The van der Waals surface area contributed by atoms with Crippen LogP contribution in [0.3, 0.4) is 0 Å². The number of ketones is 1. The largest absolute Gasteiger partial charge is 0.398 e. The molecule has 0 unspecified atom stereocenters. The Morgan fingerprint density at radius 1 is 1.47 bits per heavy atom. The number of thioether (sulfide) groups is 1. The van der Waals surface area contributed by atoms with E-state index in [0.29, 0.717) is 16.9 Å². The minimum absolute atomic E-state index is 0.0150. The summed E-state index contributed by atoms with van der Waals surface area (Å²) in [6.45, 7) is 0. The van der Waals surface area contributed by atoms with E-state index in [2.05, 4.69) is 15.9 Å². The number of nitrogen functional groups attached to an aromatic ring is 1. The number of carbonyl (C=O) groups is 1. The van der Waals surface area contributed by atoms with Crippen LogP contribution in [0, 0.1) is 5.82 Å². The third-order valence-corrected chi connectivity index (χ3v) is 3.73. The molecule has 5 heteroatoms. The zero-order valence-electron chi connectivity index (χ0n) is 9.63. The molecule has 0 radical (unpaired) electrons. The van der Waals surface area contributed by atoms with E-state index in [9.17, 15) is 9.18 Å². The third kappa shape index (κ3) is 4.00. The molecule has 2 nitrogen and oxygen atoms in total. The quantitative estimate of drug-likeness (QED) is 0.284. The molecule has 0 aliphatic carbocycles. The minimum Gasteiger partial charge on any atom is -0.398 e. The average Bonchev–Trinajstić information content (AvgIpc) is 2.29. The summed E-state index contributed by atoms with van der Waals surface area (Å²) in [4.78, 5) is 12.4. The molecule has 0 heterocycles. The van der Waals surface area contributed by atoms with Crippen molar-refractivity contribution < 1.29 is 9.18 Å². The van der Waals surface area contributed by atoms with Crippen molar-refractivity contribution in [3.8, 4) is 0 Å². The first-order chi connectivity index (χ1) is 8.10. The van der Waals surface area contributed by atoms with Crippen LogP contribution in [-0.4, -0.2) is 17.4 Å². The lowest BCUT2D eigenvalue weighted by Crippen LogP contribution is -2.05. The van der Waals surface area contributed by atoms with Crippen LogP contribution in [0.15, 0.2) is 17.0 Å². The third-order valence-electron chi connectivity index (χ3n) is 2.41. The summed E-state index contributed by atoms with van der Waals surface area (Å²) in [5.74, 6) is -0.384. The molecule has 0 aliphatic heterocycles. The van der Waals surface area contributed by atoms with Gasteiger partial charge in [-0.15, -0.1) is 11.8 Å². The lowest BCUT2D eigenvalue weighted by Gasteiger charge is -2.07. The van der Waals surface area contributed by atoms with Crippen LogP contribution in [0.1, 0.15) is 29.6 Å². The fourth-order valence-corrected chi connectivity index (χ4v) is 2.37. The number of hydrogen-bond acceptors (Lipinski definition) is 3. The number of benzene rings is 1. The Morgan fingerprint density at radius 3 is 2.76 bits per heavy atom. The molecule has 1 aromatic carbocycles. The van der Waals surface area contributed by atoms with Crippen molar-refractivity contribution in [2.75, 3.05) is 17.3 Å². The Kier molecular flexibility index (Phi) is 5.98. The molecule has 0 spiro atoms. The van der Waals surface area contributed by atoms with Crippen molar-refractivity contribution in [2.45, 2.75) is 24.2 Å². The van der Waals surface area contributed by atoms with E-state index in [4.69, 9.17) is 5.73 Å². The van der Waals surface area contributed by atoms with Gasteiger partial charge >= 0.3 is 0 Å². The Labute approximate surface area is 113 Å². The zero-order valence-corrected chi connectivity index (χ0v) is 12.0. The second-order valence-electron chi connectivity index (χ2n) is 3.64. The molecule has 2 N–H and O–H groups in total. The molecule has 0 amide bonds. The summed E-state index contributed by atoms with van der Waals surface area (Å²) >= 11 is 4.59. The topological polar surface area (TPSA) is 43.1 Å². The van der Waals surface area contributed by atoms with E-state index in [0.717, 1.165) is 18.2 Å². The van der Waals surface area contributed by atoms with Gasteiger partial charge in [-0.25, -0.2) is 4.39 Å². The lowest BCUT2D eigenvalue weighted by atomic mass is 10.0. The van der Waals surface area contributed by atoms with E-state index in [1.165, 1.54) is 17.8 Å². The summed E-state index contributed by atoms with van der Waals surface area (Å²) in [6, 6.07) is 2.77. The Hall–Kier alpha value is -0.550. The van der Waals surface area contributed by atoms with Crippen molar-refractivity contribution >= 4 is 39.2 Å². The number of nitrogens with two attached hydrogens (primary N) is 1. The van der Waals surface area contributed by atoms with Crippen LogP contribution in [0.25, 0.3) is 0 Å². The normalized spacial score (nSPS) is 10.5. The van der Waals surface area contributed by atoms with Crippen LogP contribution in [-0.2, 0) is 0 Å². The summed E-state index contributed by atoms with van der Waals surface area (Å²) < 4.78 is 13.4. The maximum atomic E-state index is 13.4. The number of halogens is 2. The van der Waals surface area contributed by atoms with Crippen molar-refractivity contribution in [2.24, 2.45) is 0 Å². The van der Waals surface area contributed by atoms with Crippen LogP contribution in [0.4, 0.5) is 10.1 Å². The SMILES string of the molecule is CSc1cc(C(=O)CCCCBr)c(N)cc1F. The van der Waals surface area contributed by atoms with Gasteiger partial charge < -0.3 is 5.73 Å². The van der Waals surface area contributed by atoms with E-state index in [1.807, 2.05) is 0 Å². The maximum absolute atomic E-state index is 13.4. The number of rotatable bonds is 6. The van der Waals surface area contributed by atoms with Crippen molar-refractivity contribution in [1.82, 2.24) is 0 Å². The van der Waals surface area contributed by atoms with E-state index in [1.54, 1.807) is 12.3 Å². The molecule has 0 aliphatic rings. The van der Waals surface area contributed by atoms with Crippen LogP contribution in [0.2, 0.25) is 0 Å². The van der Waals surface area contributed by atoms with Crippen LogP contribution in [0.5, 0.6) is 0 Å². The molecular formula is C12H15BrFNOS. The molecule has 94 valence electrons. The van der Waals surface area contributed by atoms with Gasteiger partial charge in [0.2, 0.25) is 0 Å². The molecule has 0 saturated carbocycles. The van der Waals surface area contributed by atoms with Gasteiger partial charge in [-0.3, -0.25) is 4.79 Å². The van der Waals surface area contributed by atoms with Gasteiger partial charge in [0.1, 0.15) is 5.82 Å². The van der Waals surface area contributed by atoms with E-state index in [-0.39, 0.29) is 17.3 Å². The Bertz CT molecular complexity index is 412. The van der Waals surface area contributed by atoms with Crippen LogP contribution >= 0.6 is 27.7 Å². The number of unbranched alkanes of at least 4 members (excludes halogenated alkanes) is 1. The molecule has 0 aromatic heterocycles. The fraction of sp³-hybridized carbons (Fsp3) is 0.417. The lowest BCUT2D eigenvalue weighted by molar-refractivity contribution is 0.0980. The van der Waals surface area contributed by atoms with Crippen molar-refractivity contribution in [3.63, 3.8) is 0 Å². The Morgan fingerprint density at radius 2 is 2.18 bits per heavy atom. The predicted octanol–water partition coefficient (Wildman–Crippen LogP) is 3.88. The number of Topliss-reactive ketones (excluding diaryl/α,β-unsaturated/α-hetero) is 1. The van der Waals surface area contributed by atoms with Gasteiger partial charge in [-0.05, 0) is 31.2 Å². The van der Waals surface area contributed by atoms with E-state index >= 15 is 0 Å². The highest BCUT2D eigenvalue weighted by Gasteiger charge is 2.13. The molecule has 0 atom stereocenters. The van der Waals surface area contributed by atoms with Gasteiger partial charge in [0.05, 0.1) is 0 Å². The highest BCUT2D eigenvalue weighted by atomic mass is 79.9.